The molecule has 0 radical (unpaired) electrons. The van der Waals surface area contributed by atoms with Crippen LogP contribution in [-0.2, 0) is 14.3 Å². The number of ether oxygens (including phenoxy) is 1. The number of ketones is 1. The molecule has 1 aliphatic carbocycles. The van der Waals surface area contributed by atoms with Gasteiger partial charge in [0.25, 0.3) is 0 Å². The van der Waals surface area contributed by atoms with E-state index >= 15 is 0 Å². The van der Waals surface area contributed by atoms with Gasteiger partial charge in [-0.15, -0.1) is 0 Å². The molecule has 2 rings (SSSR count). The molecule has 1 saturated carbocycles. The molecule has 1 spiro atoms. The van der Waals surface area contributed by atoms with Crippen molar-refractivity contribution in [2.45, 2.75) is 59.0 Å². The average molecular weight is 250 g/mol. The topological polar surface area (TPSA) is 43.4 Å². The Morgan fingerprint density at radius 2 is 2.11 bits per heavy atom. The zero-order valence-electron chi connectivity index (χ0n) is 11.7. The number of allylic oxidation sites excluding steroid dienone is 1. The number of carbonyl (C=O) groups excluding carboxylic acids is 2. The fourth-order valence-electron chi connectivity index (χ4n) is 3.49. The second-order valence-corrected chi connectivity index (χ2v) is 6.60. The third-order valence-electron chi connectivity index (χ3n) is 4.20. The third kappa shape index (κ3) is 2.23. The Labute approximate surface area is 109 Å². The van der Waals surface area contributed by atoms with Crippen molar-refractivity contribution in [1.29, 1.82) is 0 Å². The highest BCUT2D eigenvalue weighted by Gasteiger charge is 2.54. The zero-order chi connectivity index (χ0) is 13.6. The molecule has 1 saturated heterocycles. The lowest BCUT2D eigenvalue weighted by atomic mass is 9.77. The van der Waals surface area contributed by atoms with Gasteiger partial charge in [-0.05, 0) is 43.3 Å². The van der Waals surface area contributed by atoms with E-state index in [2.05, 4.69) is 20.8 Å². The van der Waals surface area contributed by atoms with E-state index in [1.165, 1.54) is 0 Å². The molecule has 0 amide bonds. The lowest BCUT2D eigenvalue weighted by Gasteiger charge is -2.40. The second-order valence-electron chi connectivity index (χ2n) is 6.60. The summed E-state index contributed by atoms with van der Waals surface area (Å²) < 4.78 is 5.74. The Bertz CT molecular complexity index is 419. The van der Waals surface area contributed by atoms with E-state index in [1.807, 2.05) is 0 Å². The second kappa shape index (κ2) is 4.22. The molecule has 0 N–H and O–H groups in total. The van der Waals surface area contributed by atoms with Gasteiger partial charge in [0.1, 0.15) is 5.60 Å². The minimum atomic E-state index is -0.523. The van der Waals surface area contributed by atoms with Gasteiger partial charge in [-0.25, -0.2) is 0 Å². The Balaban J connectivity index is 2.44. The fourth-order valence-corrected chi connectivity index (χ4v) is 3.49. The van der Waals surface area contributed by atoms with Gasteiger partial charge in [-0.2, -0.15) is 0 Å². The summed E-state index contributed by atoms with van der Waals surface area (Å²) in [4.78, 5) is 23.1. The molecule has 18 heavy (non-hydrogen) atoms. The molecule has 0 bridgehead atoms. The van der Waals surface area contributed by atoms with Crippen LogP contribution in [0.25, 0.3) is 0 Å². The van der Waals surface area contributed by atoms with Gasteiger partial charge in [-0.3, -0.25) is 9.59 Å². The fraction of sp³-hybridized carbons (Fsp3) is 0.733. The standard InChI is InChI=1S/C15H22O3/c1-10-5-6-13(17)18-15(10)9-14(3,4)8-12(15)7-11(2)16/h7,10H,5-6,8-9H2,1-4H3/b12-7-/t10-,15-/m1/s1. The van der Waals surface area contributed by atoms with Crippen LogP contribution in [0.2, 0.25) is 0 Å². The molecule has 2 atom stereocenters. The van der Waals surface area contributed by atoms with Gasteiger partial charge >= 0.3 is 5.97 Å². The summed E-state index contributed by atoms with van der Waals surface area (Å²) >= 11 is 0. The first-order valence-corrected chi connectivity index (χ1v) is 6.69. The van der Waals surface area contributed by atoms with E-state index in [9.17, 15) is 9.59 Å². The van der Waals surface area contributed by atoms with Gasteiger partial charge in [0.05, 0.1) is 0 Å². The molecule has 2 aliphatic rings. The minimum absolute atomic E-state index is 0.0379. The Kier molecular flexibility index (Phi) is 3.12. The molecular weight excluding hydrogens is 228 g/mol. The van der Waals surface area contributed by atoms with Crippen LogP contribution in [-0.4, -0.2) is 17.4 Å². The maximum absolute atomic E-state index is 11.7. The minimum Gasteiger partial charge on any atom is -0.454 e. The van der Waals surface area contributed by atoms with Crippen molar-refractivity contribution in [1.82, 2.24) is 0 Å². The number of esters is 1. The van der Waals surface area contributed by atoms with Gasteiger partial charge in [0.15, 0.2) is 5.78 Å². The van der Waals surface area contributed by atoms with Gasteiger partial charge < -0.3 is 4.74 Å². The lowest BCUT2D eigenvalue weighted by molar-refractivity contribution is -0.169. The number of carbonyl (C=O) groups is 2. The maximum Gasteiger partial charge on any atom is 0.306 e. The van der Waals surface area contributed by atoms with Crippen molar-refractivity contribution in [3.8, 4) is 0 Å². The van der Waals surface area contributed by atoms with Crippen molar-refractivity contribution >= 4 is 11.8 Å². The van der Waals surface area contributed by atoms with Crippen molar-refractivity contribution in [2.24, 2.45) is 11.3 Å². The molecule has 3 heteroatoms. The first-order chi connectivity index (χ1) is 8.25. The van der Waals surface area contributed by atoms with Crippen LogP contribution < -0.4 is 0 Å². The monoisotopic (exact) mass is 250 g/mol. The van der Waals surface area contributed by atoms with Gasteiger partial charge in [0.2, 0.25) is 0 Å². The average Bonchev–Trinajstić information content (AvgIpc) is 2.44. The predicted molar refractivity (Wildman–Crippen MR) is 69.0 cm³/mol. The molecule has 0 aromatic rings. The molecule has 0 aromatic heterocycles. The van der Waals surface area contributed by atoms with Crippen molar-refractivity contribution < 1.29 is 14.3 Å². The number of hydrogen-bond acceptors (Lipinski definition) is 3. The number of rotatable bonds is 1. The van der Waals surface area contributed by atoms with Crippen LogP contribution in [0.15, 0.2) is 11.6 Å². The summed E-state index contributed by atoms with van der Waals surface area (Å²) in [7, 11) is 0. The van der Waals surface area contributed by atoms with Crippen LogP contribution in [0.5, 0.6) is 0 Å². The van der Waals surface area contributed by atoms with Crippen LogP contribution >= 0.6 is 0 Å². The van der Waals surface area contributed by atoms with E-state index in [4.69, 9.17) is 4.74 Å². The summed E-state index contributed by atoms with van der Waals surface area (Å²) in [6, 6.07) is 0. The molecule has 100 valence electrons. The van der Waals surface area contributed by atoms with E-state index in [1.54, 1.807) is 13.0 Å². The summed E-state index contributed by atoms with van der Waals surface area (Å²) in [6.07, 6.45) is 4.70. The third-order valence-corrected chi connectivity index (χ3v) is 4.20. The largest absolute Gasteiger partial charge is 0.454 e. The lowest BCUT2D eigenvalue weighted by Crippen LogP contribution is -2.45. The van der Waals surface area contributed by atoms with Gasteiger partial charge in [0, 0.05) is 12.3 Å². The Morgan fingerprint density at radius 3 is 2.72 bits per heavy atom. The van der Waals surface area contributed by atoms with Crippen LogP contribution in [0.1, 0.15) is 53.4 Å². The maximum atomic E-state index is 11.7. The molecular formula is C15H22O3. The Hall–Kier alpha value is -1.12. The molecule has 0 unspecified atom stereocenters. The van der Waals surface area contributed by atoms with Crippen LogP contribution in [0, 0.1) is 11.3 Å². The molecule has 1 heterocycles. The van der Waals surface area contributed by atoms with E-state index < -0.39 is 5.60 Å². The SMILES string of the molecule is CC(=O)/C=C1/CC(C)(C)C[C@]12OC(=O)CC[C@H]2C. The highest BCUT2D eigenvalue weighted by Crippen LogP contribution is 2.55. The summed E-state index contributed by atoms with van der Waals surface area (Å²) in [5.74, 6) is 0.207. The molecule has 2 fully saturated rings. The van der Waals surface area contributed by atoms with E-state index in [0.29, 0.717) is 12.3 Å². The van der Waals surface area contributed by atoms with Gasteiger partial charge in [-0.1, -0.05) is 20.8 Å². The Morgan fingerprint density at radius 1 is 1.44 bits per heavy atom. The summed E-state index contributed by atoms with van der Waals surface area (Å²) in [6.45, 7) is 8.03. The van der Waals surface area contributed by atoms with E-state index in [0.717, 1.165) is 24.8 Å². The smallest absolute Gasteiger partial charge is 0.306 e. The highest BCUT2D eigenvalue weighted by molar-refractivity contribution is 5.88. The van der Waals surface area contributed by atoms with Crippen LogP contribution in [0.3, 0.4) is 0 Å². The van der Waals surface area contributed by atoms with Crippen LogP contribution in [0.4, 0.5) is 0 Å². The molecule has 3 nitrogen and oxygen atoms in total. The summed E-state index contributed by atoms with van der Waals surface area (Å²) in [5, 5.41) is 0. The normalized spacial score (nSPS) is 37.0. The van der Waals surface area contributed by atoms with Crippen molar-refractivity contribution in [3.63, 3.8) is 0 Å². The first kappa shape index (κ1) is 13.3. The highest BCUT2D eigenvalue weighted by atomic mass is 16.6. The first-order valence-electron chi connectivity index (χ1n) is 6.69. The molecule has 1 aliphatic heterocycles. The van der Waals surface area contributed by atoms with E-state index in [-0.39, 0.29) is 17.2 Å². The quantitative estimate of drug-likeness (QED) is 0.530. The van der Waals surface area contributed by atoms with Crippen molar-refractivity contribution in [2.75, 3.05) is 0 Å². The number of hydrogen-bond donors (Lipinski definition) is 0. The summed E-state index contributed by atoms with van der Waals surface area (Å²) in [5.41, 5.74) is 0.582. The molecule has 0 aromatic carbocycles. The predicted octanol–water partition coefficient (Wildman–Crippen LogP) is 3.03. The van der Waals surface area contributed by atoms with Crippen molar-refractivity contribution in [3.05, 3.63) is 11.6 Å². The zero-order valence-corrected chi connectivity index (χ0v) is 11.7.